The second-order valence-corrected chi connectivity index (χ2v) is 9.23. The van der Waals surface area contributed by atoms with Crippen molar-refractivity contribution in [1.29, 1.82) is 0 Å². The van der Waals surface area contributed by atoms with Crippen LogP contribution in [0.1, 0.15) is 61.5 Å². The summed E-state index contributed by atoms with van der Waals surface area (Å²) < 4.78 is 6.20. The van der Waals surface area contributed by atoms with Crippen molar-refractivity contribution in [2.75, 3.05) is 13.1 Å². The van der Waals surface area contributed by atoms with E-state index in [1.165, 1.54) is 12.8 Å². The van der Waals surface area contributed by atoms with Crippen molar-refractivity contribution >= 4 is 17.5 Å². The van der Waals surface area contributed by atoms with Crippen LogP contribution in [0.5, 0.6) is 5.75 Å². The molecule has 1 N–H and O–H groups in total. The number of hydrogen-bond acceptors (Lipinski definition) is 4. The molecule has 1 amide bonds. The van der Waals surface area contributed by atoms with Crippen LogP contribution in [0.2, 0.25) is 5.02 Å². The van der Waals surface area contributed by atoms with Gasteiger partial charge in [-0.05, 0) is 62.9 Å². The molecular formula is C25H32ClN3O2. The van der Waals surface area contributed by atoms with Crippen molar-refractivity contribution in [1.82, 2.24) is 15.2 Å². The summed E-state index contributed by atoms with van der Waals surface area (Å²) >= 11 is 6.46. The molecule has 1 atom stereocenters. The highest BCUT2D eigenvalue weighted by Gasteiger charge is 2.25. The number of piperidine rings is 1. The Hall–Kier alpha value is -2.11. The van der Waals surface area contributed by atoms with E-state index in [1.54, 1.807) is 6.07 Å². The summed E-state index contributed by atoms with van der Waals surface area (Å²) in [5.41, 5.74) is 1.74. The van der Waals surface area contributed by atoms with Gasteiger partial charge in [0.1, 0.15) is 11.9 Å². The number of nitrogens with one attached hydrogen (secondary N) is 1. The summed E-state index contributed by atoms with van der Waals surface area (Å²) in [5.74, 6) is 0.620. The van der Waals surface area contributed by atoms with Crippen LogP contribution in [0, 0.1) is 0 Å². The molecular weight excluding hydrogens is 410 g/mol. The topological polar surface area (TPSA) is 54.5 Å². The molecule has 1 aliphatic carbocycles. The van der Waals surface area contributed by atoms with E-state index in [0.717, 1.165) is 50.9 Å². The van der Waals surface area contributed by atoms with Gasteiger partial charge in [0.25, 0.3) is 5.91 Å². The van der Waals surface area contributed by atoms with E-state index < -0.39 is 0 Å². The number of carbonyl (C=O) groups is 1. The van der Waals surface area contributed by atoms with Crippen LogP contribution in [-0.4, -0.2) is 47.1 Å². The van der Waals surface area contributed by atoms with Crippen LogP contribution in [0.4, 0.5) is 0 Å². The van der Waals surface area contributed by atoms with E-state index in [4.69, 9.17) is 16.3 Å². The maximum atomic E-state index is 12.5. The van der Waals surface area contributed by atoms with Crippen LogP contribution in [0.3, 0.4) is 0 Å². The van der Waals surface area contributed by atoms with Crippen LogP contribution in [0.25, 0.3) is 0 Å². The van der Waals surface area contributed by atoms with Gasteiger partial charge in [0.15, 0.2) is 0 Å². The number of halogens is 1. The van der Waals surface area contributed by atoms with E-state index >= 15 is 0 Å². The summed E-state index contributed by atoms with van der Waals surface area (Å²) in [4.78, 5) is 19.4. The normalized spacial score (nSPS) is 19.3. The molecule has 166 valence electrons. The number of carbonyl (C=O) groups excluding carboxylic acids is 1. The zero-order valence-electron chi connectivity index (χ0n) is 18.2. The highest BCUT2D eigenvalue weighted by molar-refractivity contribution is 6.32. The van der Waals surface area contributed by atoms with Crippen molar-refractivity contribution in [2.45, 2.75) is 70.1 Å². The SMILES string of the molecule is C[C@@H](Cc1ccccn1)N1CCC(Oc2ccc(C(=O)NC3CCCC3)cc2Cl)CC1. The molecule has 0 radical (unpaired) electrons. The fraction of sp³-hybridized carbons (Fsp3) is 0.520. The van der Waals surface area contributed by atoms with Crippen LogP contribution < -0.4 is 10.1 Å². The Labute approximate surface area is 190 Å². The summed E-state index contributed by atoms with van der Waals surface area (Å²) in [7, 11) is 0. The number of amides is 1. The lowest BCUT2D eigenvalue weighted by atomic mass is 10.0. The molecule has 2 heterocycles. The minimum absolute atomic E-state index is 0.0458. The van der Waals surface area contributed by atoms with Gasteiger partial charge in [0.05, 0.1) is 5.02 Å². The quantitative estimate of drug-likeness (QED) is 0.665. The van der Waals surface area contributed by atoms with Crippen LogP contribution in [-0.2, 0) is 6.42 Å². The number of nitrogens with zero attached hydrogens (tertiary/aromatic N) is 2. The van der Waals surface area contributed by atoms with Gasteiger partial charge in [-0.2, -0.15) is 0 Å². The molecule has 2 aliphatic rings. The molecule has 1 aromatic heterocycles. The minimum atomic E-state index is -0.0458. The van der Waals surface area contributed by atoms with Crippen molar-refractivity contribution in [2.24, 2.45) is 0 Å². The zero-order chi connectivity index (χ0) is 21.6. The molecule has 1 aromatic carbocycles. The number of benzene rings is 1. The van der Waals surface area contributed by atoms with Crippen LogP contribution in [0.15, 0.2) is 42.6 Å². The molecule has 0 bridgehead atoms. The lowest BCUT2D eigenvalue weighted by Crippen LogP contribution is -2.43. The standard InChI is InChI=1S/C25H32ClN3O2/c1-18(16-21-8-4-5-13-27-21)29-14-11-22(12-15-29)31-24-10-9-19(17-23(24)26)25(30)28-20-6-2-3-7-20/h4-5,8-10,13,17-18,20,22H,2-3,6-7,11-12,14-16H2,1H3,(H,28,30)/t18-/m0/s1. The zero-order valence-corrected chi connectivity index (χ0v) is 19.0. The Morgan fingerprint density at radius 2 is 1.97 bits per heavy atom. The van der Waals surface area contributed by atoms with Gasteiger partial charge in [-0.1, -0.05) is 30.5 Å². The van der Waals surface area contributed by atoms with E-state index in [1.807, 2.05) is 30.5 Å². The average molecular weight is 442 g/mol. The van der Waals surface area contributed by atoms with Gasteiger partial charge in [-0.25, -0.2) is 0 Å². The third-order valence-electron chi connectivity index (χ3n) is 6.51. The lowest BCUT2D eigenvalue weighted by molar-refractivity contribution is 0.0797. The largest absolute Gasteiger partial charge is 0.489 e. The van der Waals surface area contributed by atoms with Gasteiger partial charge < -0.3 is 10.1 Å². The van der Waals surface area contributed by atoms with E-state index in [9.17, 15) is 4.79 Å². The first-order valence-electron chi connectivity index (χ1n) is 11.5. The van der Waals surface area contributed by atoms with Crippen molar-refractivity contribution in [3.8, 4) is 5.75 Å². The third kappa shape index (κ3) is 5.98. The number of rotatable bonds is 7. The summed E-state index contributed by atoms with van der Waals surface area (Å²) in [6.45, 7) is 4.26. The molecule has 31 heavy (non-hydrogen) atoms. The Morgan fingerprint density at radius 1 is 1.19 bits per heavy atom. The van der Waals surface area contributed by atoms with Crippen molar-refractivity contribution in [3.63, 3.8) is 0 Å². The molecule has 6 heteroatoms. The number of pyridine rings is 1. The maximum Gasteiger partial charge on any atom is 0.251 e. The lowest BCUT2D eigenvalue weighted by Gasteiger charge is -2.36. The van der Waals surface area contributed by atoms with Gasteiger partial charge >= 0.3 is 0 Å². The predicted molar refractivity (Wildman–Crippen MR) is 124 cm³/mol. The number of likely N-dealkylation sites (tertiary alicyclic amines) is 1. The molecule has 2 aromatic rings. The van der Waals surface area contributed by atoms with Crippen molar-refractivity contribution in [3.05, 3.63) is 58.9 Å². The fourth-order valence-electron chi connectivity index (χ4n) is 4.64. The number of hydrogen-bond donors (Lipinski definition) is 1. The Kier molecular flexibility index (Phi) is 7.46. The highest BCUT2D eigenvalue weighted by Crippen LogP contribution is 2.29. The molecule has 5 nitrogen and oxygen atoms in total. The summed E-state index contributed by atoms with van der Waals surface area (Å²) in [6, 6.07) is 12.2. The van der Waals surface area contributed by atoms with Crippen LogP contribution >= 0.6 is 11.6 Å². The first-order valence-corrected chi connectivity index (χ1v) is 11.9. The third-order valence-corrected chi connectivity index (χ3v) is 6.80. The highest BCUT2D eigenvalue weighted by atomic mass is 35.5. The Bertz CT molecular complexity index is 862. The Morgan fingerprint density at radius 3 is 2.65 bits per heavy atom. The molecule has 1 saturated carbocycles. The van der Waals surface area contributed by atoms with Gasteiger partial charge in [-0.3, -0.25) is 14.7 Å². The maximum absolute atomic E-state index is 12.5. The van der Waals surface area contributed by atoms with Gasteiger partial charge in [0, 0.05) is 49.0 Å². The Balaban J connectivity index is 1.26. The van der Waals surface area contributed by atoms with E-state index in [-0.39, 0.29) is 12.0 Å². The van der Waals surface area contributed by atoms with Gasteiger partial charge in [-0.15, -0.1) is 0 Å². The monoisotopic (exact) mass is 441 g/mol. The smallest absolute Gasteiger partial charge is 0.251 e. The number of ether oxygens (including phenoxy) is 1. The summed E-state index contributed by atoms with van der Waals surface area (Å²) in [6.07, 6.45) is 9.42. The second-order valence-electron chi connectivity index (χ2n) is 8.83. The molecule has 0 unspecified atom stereocenters. The molecule has 2 fully saturated rings. The second kappa shape index (κ2) is 10.5. The first kappa shape index (κ1) is 22.1. The molecule has 4 rings (SSSR count). The first-order chi connectivity index (χ1) is 15.1. The summed E-state index contributed by atoms with van der Waals surface area (Å²) in [5, 5.41) is 3.61. The number of aromatic nitrogens is 1. The predicted octanol–water partition coefficient (Wildman–Crippen LogP) is 4.88. The van der Waals surface area contributed by atoms with Crippen molar-refractivity contribution < 1.29 is 9.53 Å². The molecule has 0 spiro atoms. The average Bonchev–Trinajstić information content (AvgIpc) is 3.29. The molecule has 1 aliphatic heterocycles. The van der Waals surface area contributed by atoms with E-state index in [0.29, 0.717) is 28.4 Å². The minimum Gasteiger partial charge on any atom is -0.489 e. The van der Waals surface area contributed by atoms with E-state index in [2.05, 4.69) is 28.2 Å². The van der Waals surface area contributed by atoms with Gasteiger partial charge in [0.2, 0.25) is 0 Å². The molecule has 1 saturated heterocycles. The fourth-order valence-corrected chi connectivity index (χ4v) is 4.87.